The fourth-order valence-electron chi connectivity index (χ4n) is 2.43. The van der Waals surface area contributed by atoms with Gasteiger partial charge in [0.1, 0.15) is 0 Å². The van der Waals surface area contributed by atoms with E-state index >= 15 is 0 Å². The van der Waals surface area contributed by atoms with Gasteiger partial charge >= 0.3 is 0 Å². The van der Waals surface area contributed by atoms with Gasteiger partial charge in [-0.1, -0.05) is 12.1 Å². The number of methoxy groups -OCH3 is 1. The number of aromatic nitrogens is 1. The minimum Gasteiger partial charge on any atom is -0.493 e. The molecule has 2 heterocycles. The van der Waals surface area contributed by atoms with Crippen LogP contribution in [0.15, 0.2) is 24.3 Å². The Labute approximate surface area is 129 Å². The molecule has 0 unspecified atom stereocenters. The number of nitrogens with one attached hydrogen (secondary N) is 1. The number of benzene rings is 1. The van der Waals surface area contributed by atoms with E-state index in [0.717, 1.165) is 43.9 Å². The monoisotopic (exact) mass is 304 g/mol. The van der Waals surface area contributed by atoms with Crippen LogP contribution < -0.4 is 14.8 Å². The Morgan fingerprint density at radius 1 is 1.29 bits per heavy atom. The molecule has 0 bridgehead atoms. The van der Waals surface area contributed by atoms with Crippen molar-refractivity contribution < 1.29 is 9.47 Å². The highest BCUT2D eigenvalue weighted by Crippen LogP contribution is 2.26. The second-order valence-electron chi connectivity index (χ2n) is 5.01. The average molecular weight is 304 g/mol. The van der Waals surface area contributed by atoms with Gasteiger partial charge in [0.25, 0.3) is 0 Å². The number of para-hydroxylation sites is 2. The van der Waals surface area contributed by atoms with Gasteiger partial charge in [-0.15, -0.1) is 11.3 Å². The number of ether oxygens (including phenoxy) is 2. The molecule has 4 nitrogen and oxygen atoms in total. The fraction of sp³-hybridized carbons (Fsp3) is 0.438. The first-order valence-corrected chi connectivity index (χ1v) is 8.12. The maximum absolute atomic E-state index is 5.79. The van der Waals surface area contributed by atoms with Crippen molar-refractivity contribution in [3.63, 3.8) is 0 Å². The minimum absolute atomic E-state index is 0.683. The van der Waals surface area contributed by atoms with E-state index < -0.39 is 0 Å². The van der Waals surface area contributed by atoms with Crippen LogP contribution in [-0.2, 0) is 19.4 Å². The highest BCUT2D eigenvalue weighted by molar-refractivity contribution is 7.11. The zero-order chi connectivity index (χ0) is 14.5. The summed E-state index contributed by atoms with van der Waals surface area (Å²) in [7, 11) is 1.66. The summed E-state index contributed by atoms with van der Waals surface area (Å²) in [5.74, 6) is 1.59. The van der Waals surface area contributed by atoms with E-state index in [1.165, 1.54) is 15.6 Å². The molecule has 0 amide bonds. The van der Waals surface area contributed by atoms with Crippen LogP contribution >= 0.6 is 11.3 Å². The molecule has 0 spiro atoms. The second-order valence-corrected chi connectivity index (χ2v) is 6.18. The smallest absolute Gasteiger partial charge is 0.161 e. The van der Waals surface area contributed by atoms with Crippen LogP contribution in [0, 0.1) is 0 Å². The van der Waals surface area contributed by atoms with Crippen molar-refractivity contribution >= 4 is 11.3 Å². The Morgan fingerprint density at radius 3 is 2.95 bits per heavy atom. The van der Waals surface area contributed by atoms with Crippen LogP contribution in [0.4, 0.5) is 0 Å². The Bertz CT molecular complexity index is 574. The molecule has 112 valence electrons. The zero-order valence-electron chi connectivity index (χ0n) is 12.2. The summed E-state index contributed by atoms with van der Waals surface area (Å²) in [6, 6.07) is 7.75. The summed E-state index contributed by atoms with van der Waals surface area (Å²) in [5.41, 5.74) is 1.29. The third kappa shape index (κ3) is 3.54. The average Bonchev–Trinajstić information content (AvgIpc) is 2.94. The predicted octanol–water partition coefficient (Wildman–Crippen LogP) is 2.81. The molecule has 0 atom stereocenters. The zero-order valence-corrected chi connectivity index (χ0v) is 13.0. The molecule has 0 radical (unpaired) electrons. The Morgan fingerprint density at radius 2 is 2.14 bits per heavy atom. The first kappa shape index (κ1) is 14.4. The molecule has 21 heavy (non-hydrogen) atoms. The van der Waals surface area contributed by atoms with Crippen LogP contribution in [0.3, 0.4) is 0 Å². The van der Waals surface area contributed by atoms with Crippen molar-refractivity contribution in [3.05, 3.63) is 39.8 Å². The molecule has 1 aliphatic rings. The third-order valence-corrected chi connectivity index (χ3v) is 4.67. The van der Waals surface area contributed by atoms with E-state index in [9.17, 15) is 0 Å². The lowest BCUT2D eigenvalue weighted by Crippen LogP contribution is -2.22. The molecule has 3 rings (SSSR count). The first-order chi connectivity index (χ1) is 10.4. The molecular formula is C16H20N2O2S. The van der Waals surface area contributed by atoms with E-state index in [1.807, 2.05) is 35.6 Å². The van der Waals surface area contributed by atoms with Gasteiger partial charge in [0.15, 0.2) is 11.5 Å². The lowest BCUT2D eigenvalue weighted by molar-refractivity contribution is 0.289. The maximum Gasteiger partial charge on any atom is 0.161 e. The highest BCUT2D eigenvalue weighted by atomic mass is 32.1. The number of hydrogen-bond donors (Lipinski definition) is 1. The van der Waals surface area contributed by atoms with E-state index in [4.69, 9.17) is 14.5 Å². The van der Waals surface area contributed by atoms with Gasteiger partial charge in [-0.3, -0.25) is 0 Å². The van der Waals surface area contributed by atoms with Crippen LogP contribution in [0.25, 0.3) is 0 Å². The summed E-state index contributed by atoms with van der Waals surface area (Å²) in [5, 5.41) is 4.62. The molecule has 0 saturated heterocycles. The molecular weight excluding hydrogens is 284 g/mol. The third-order valence-electron chi connectivity index (χ3n) is 3.51. The minimum atomic E-state index is 0.683. The normalized spacial score (nSPS) is 13.8. The molecule has 0 saturated carbocycles. The summed E-state index contributed by atoms with van der Waals surface area (Å²) >= 11 is 1.84. The summed E-state index contributed by atoms with van der Waals surface area (Å²) in [6.45, 7) is 2.71. The molecule has 2 aromatic rings. The number of rotatable bonds is 6. The Kier molecular flexibility index (Phi) is 4.72. The van der Waals surface area contributed by atoms with Crippen molar-refractivity contribution in [3.8, 4) is 11.5 Å². The Balaban J connectivity index is 1.49. The fourth-order valence-corrected chi connectivity index (χ4v) is 3.56. The highest BCUT2D eigenvalue weighted by Gasteiger charge is 2.14. The number of nitrogens with zero attached hydrogens (tertiary/aromatic N) is 1. The second kappa shape index (κ2) is 6.91. The SMILES string of the molecule is COc1ccccc1OCCCc1nc2c(s1)CNCC2. The molecule has 1 aromatic heterocycles. The molecule has 1 aliphatic heterocycles. The lowest BCUT2D eigenvalue weighted by atomic mass is 10.2. The Hall–Kier alpha value is -1.59. The van der Waals surface area contributed by atoms with Gasteiger partial charge in [0.05, 0.1) is 24.4 Å². The van der Waals surface area contributed by atoms with E-state index in [0.29, 0.717) is 6.61 Å². The van der Waals surface area contributed by atoms with E-state index in [2.05, 4.69) is 5.32 Å². The number of hydrogen-bond acceptors (Lipinski definition) is 5. The lowest BCUT2D eigenvalue weighted by Gasteiger charge is -2.09. The van der Waals surface area contributed by atoms with E-state index in [1.54, 1.807) is 7.11 Å². The van der Waals surface area contributed by atoms with Crippen LogP contribution in [0.2, 0.25) is 0 Å². The molecule has 0 fully saturated rings. The van der Waals surface area contributed by atoms with Crippen molar-refractivity contribution in [2.75, 3.05) is 20.3 Å². The molecule has 5 heteroatoms. The maximum atomic E-state index is 5.79. The number of aryl methyl sites for hydroxylation is 1. The molecule has 0 aliphatic carbocycles. The number of fused-ring (bicyclic) bond motifs is 1. The standard InChI is InChI=1S/C16H20N2O2S/c1-19-13-5-2-3-6-14(13)20-10-4-7-16-18-12-8-9-17-11-15(12)21-16/h2-3,5-6,17H,4,7-11H2,1H3. The summed E-state index contributed by atoms with van der Waals surface area (Å²) < 4.78 is 11.1. The summed E-state index contributed by atoms with van der Waals surface area (Å²) in [6.07, 6.45) is 3.01. The molecule has 1 aromatic carbocycles. The van der Waals surface area contributed by atoms with Gasteiger partial charge in [0, 0.05) is 30.8 Å². The quantitative estimate of drug-likeness (QED) is 0.834. The van der Waals surface area contributed by atoms with Crippen LogP contribution in [0.1, 0.15) is 22.0 Å². The molecule has 1 N–H and O–H groups in total. The van der Waals surface area contributed by atoms with Crippen molar-refractivity contribution in [1.82, 2.24) is 10.3 Å². The van der Waals surface area contributed by atoms with Gasteiger partial charge in [-0.05, 0) is 18.6 Å². The van der Waals surface area contributed by atoms with Crippen molar-refractivity contribution in [2.45, 2.75) is 25.8 Å². The topological polar surface area (TPSA) is 43.4 Å². The van der Waals surface area contributed by atoms with Crippen molar-refractivity contribution in [1.29, 1.82) is 0 Å². The van der Waals surface area contributed by atoms with Crippen LogP contribution in [-0.4, -0.2) is 25.2 Å². The van der Waals surface area contributed by atoms with Gasteiger partial charge in [-0.2, -0.15) is 0 Å². The predicted molar refractivity (Wildman–Crippen MR) is 84.3 cm³/mol. The van der Waals surface area contributed by atoms with Crippen molar-refractivity contribution in [2.24, 2.45) is 0 Å². The largest absolute Gasteiger partial charge is 0.493 e. The van der Waals surface area contributed by atoms with Crippen LogP contribution in [0.5, 0.6) is 11.5 Å². The van der Waals surface area contributed by atoms with E-state index in [-0.39, 0.29) is 0 Å². The number of thiazole rings is 1. The van der Waals surface area contributed by atoms with Gasteiger partial charge < -0.3 is 14.8 Å². The van der Waals surface area contributed by atoms with Gasteiger partial charge in [-0.25, -0.2) is 4.98 Å². The van der Waals surface area contributed by atoms with Gasteiger partial charge in [0.2, 0.25) is 0 Å². The first-order valence-electron chi connectivity index (χ1n) is 7.31. The summed E-state index contributed by atoms with van der Waals surface area (Å²) in [4.78, 5) is 6.13.